The van der Waals surface area contributed by atoms with E-state index in [1.54, 1.807) is 0 Å². The summed E-state index contributed by atoms with van der Waals surface area (Å²) in [5.41, 5.74) is 1.41. The molecule has 4 heteroatoms. The summed E-state index contributed by atoms with van der Waals surface area (Å²) in [6, 6.07) is 7.95. The predicted molar refractivity (Wildman–Crippen MR) is 74.8 cm³/mol. The maximum absolute atomic E-state index is 11.9. The van der Waals surface area contributed by atoms with E-state index in [0.29, 0.717) is 19.3 Å². The molecule has 0 unspecified atom stereocenters. The van der Waals surface area contributed by atoms with Crippen LogP contribution in [0.4, 0.5) is 0 Å². The van der Waals surface area contributed by atoms with Crippen LogP contribution in [0.3, 0.4) is 0 Å². The molecule has 0 aliphatic heterocycles. The van der Waals surface area contributed by atoms with Gasteiger partial charge in [0.25, 0.3) is 0 Å². The van der Waals surface area contributed by atoms with Crippen LogP contribution in [0.5, 0.6) is 0 Å². The Bertz CT molecular complexity index is 405. The monoisotopic (exact) mass is 265 g/mol. The molecule has 106 valence electrons. The fraction of sp³-hybridized carbons (Fsp3) is 0.533. The van der Waals surface area contributed by atoms with Crippen LogP contribution in [0.1, 0.15) is 30.9 Å². The number of carbonyl (C=O) groups excluding carboxylic acids is 1. The molecule has 3 N–H and O–H groups in total. The number of hydrogen-bond donors (Lipinski definition) is 3. The molecule has 1 amide bonds. The van der Waals surface area contributed by atoms with Crippen LogP contribution >= 0.6 is 0 Å². The molecule has 0 aliphatic rings. The van der Waals surface area contributed by atoms with E-state index in [-0.39, 0.29) is 19.1 Å². The van der Waals surface area contributed by atoms with E-state index in [9.17, 15) is 15.0 Å². The van der Waals surface area contributed by atoms with Gasteiger partial charge in [0.1, 0.15) is 0 Å². The Morgan fingerprint density at radius 2 is 1.89 bits per heavy atom. The quantitative estimate of drug-likeness (QED) is 0.693. The highest BCUT2D eigenvalue weighted by Gasteiger charge is 2.28. The van der Waals surface area contributed by atoms with Crippen LogP contribution in [0, 0.1) is 6.92 Å². The fourth-order valence-electron chi connectivity index (χ4n) is 1.94. The van der Waals surface area contributed by atoms with Crippen LogP contribution in [0.2, 0.25) is 0 Å². The number of carbonyl (C=O) groups is 1. The summed E-state index contributed by atoms with van der Waals surface area (Å²) in [4.78, 5) is 11.9. The minimum Gasteiger partial charge on any atom is -0.394 e. The third-order valence-electron chi connectivity index (χ3n) is 3.57. The van der Waals surface area contributed by atoms with Gasteiger partial charge in [0.2, 0.25) is 5.91 Å². The average molecular weight is 265 g/mol. The molecular formula is C15H23NO3. The van der Waals surface area contributed by atoms with E-state index in [1.165, 1.54) is 5.56 Å². The number of benzene rings is 1. The molecule has 0 fully saturated rings. The lowest BCUT2D eigenvalue weighted by Crippen LogP contribution is -2.53. The van der Waals surface area contributed by atoms with E-state index in [4.69, 9.17) is 0 Å². The average Bonchev–Trinajstić information content (AvgIpc) is 2.44. The zero-order valence-electron chi connectivity index (χ0n) is 11.6. The molecule has 4 nitrogen and oxygen atoms in total. The predicted octanol–water partition coefficient (Wildman–Crippen LogP) is 1.18. The van der Waals surface area contributed by atoms with Crippen molar-refractivity contribution in [1.29, 1.82) is 0 Å². The molecular weight excluding hydrogens is 242 g/mol. The minimum atomic E-state index is -0.900. The summed E-state index contributed by atoms with van der Waals surface area (Å²) < 4.78 is 0. The van der Waals surface area contributed by atoms with Gasteiger partial charge < -0.3 is 15.5 Å². The molecule has 0 saturated carbocycles. The van der Waals surface area contributed by atoms with Gasteiger partial charge in [0, 0.05) is 6.42 Å². The number of hydrogen-bond acceptors (Lipinski definition) is 3. The summed E-state index contributed by atoms with van der Waals surface area (Å²) >= 11 is 0. The summed E-state index contributed by atoms with van der Waals surface area (Å²) in [5.74, 6) is -0.145. The second kappa shape index (κ2) is 7.26. The summed E-state index contributed by atoms with van der Waals surface area (Å²) in [7, 11) is 0. The molecule has 1 rings (SSSR count). The molecule has 0 bridgehead atoms. The summed E-state index contributed by atoms with van der Waals surface area (Å²) in [5, 5.41) is 21.3. The maximum atomic E-state index is 11.9. The number of aryl methyl sites for hydroxylation is 2. The fourth-order valence-corrected chi connectivity index (χ4v) is 1.94. The van der Waals surface area contributed by atoms with Gasteiger partial charge in [0.05, 0.1) is 18.8 Å². The largest absolute Gasteiger partial charge is 0.394 e. The van der Waals surface area contributed by atoms with E-state index >= 15 is 0 Å². The van der Waals surface area contributed by atoms with E-state index in [0.717, 1.165) is 5.56 Å². The number of rotatable bonds is 7. The number of nitrogens with one attached hydrogen (secondary N) is 1. The van der Waals surface area contributed by atoms with E-state index in [1.807, 2.05) is 38.1 Å². The molecule has 0 aliphatic carbocycles. The van der Waals surface area contributed by atoms with Gasteiger partial charge in [-0.25, -0.2) is 0 Å². The lowest BCUT2D eigenvalue weighted by molar-refractivity contribution is -0.124. The van der Waals surface area contributed by atoms with E-state index in [2.05, 4.69) is 5.32 Å². The van der Waals surface area contributed by atoms with Crippen molar-refractivity contribution in [3.8, 4) is 0 Å². The number of aliphatic hydroxyl groups is 2. The van der Waals surface area contributed by atoms with Crippen molar-refractivity contribution in [2.45, 2.75) is 38.6 Å². The van der Waals surface area contributed by atoms with Crippen molar-refractivity contribution in [2.75, 3.05) is 13.2 Å². The van der Waals surface area contributed by atoms with Gasteiger partial charge in [-0.15, -0.1) is 0 Å². The molecule has 0 heterocycles. The highest BCUT2D eigenvalue weighted by molar-refractivity contribution is 5.77. The van der Waals surface area contributed by atoms with Crippen molar-refractivity contribution in [3.05, 3.63) is 35.4 Å². The summed E-state index contributed by atoms with van der Waals surface area (Å²) in [6.07, 6.45) is 1.51. The SMILES string of the molecule is CCC(CO)(CO)NC(=O)CCc1ccccc1C. The number of amides is 1. The van der Waals surface area contributed by atoms with Gasteiger partial charge in [0.15, 0.2) is 0 Å². The number of aliphatic hydroxyl groups excluding tert-OH is 2. The molecule has 1 aromatic rings. The topological polar surface area (TPSA) is 69.6 Å². The molecule has 0 spiro atoms. The highest BCUT2D eigenvalue weighted by atomic mass is 16.3. The van der Waals surface area contributed by atoms with E-state index < -0.39 is 5.54 Å². The first-order valence-electron chi connectivity index (χ1n) is 6.64. The van der Waals surface area contributed by atoms with Gasteiger partial charge in [-0.1, -0.05) is 31.2 Å². The standard InChI is InChI=1S/C15H23NO3/c1-3-15(10-17,11-18)16-14(19)9-8-13-7-5-4-6-12(13)2/h4-7,17-18H,3,8-11H2,1-2H3,(H,16,19). The first-order valence-corrected chi connectivity index (χ1v) is 6.64. The second-order valence-electron chi connectivity index (χ2n) is 4.92. The lowest BCUT2D eigenvalue weighted by Gasteiger charge is -2.29. The summed E-state index contributed by atoms with van der Waals surface area (Å²) in [6.45, 7) is 3.34. The molecule has 0 saturated heterocycles. The normalized spacial score (nSPS) is 11.4. The zero-order valence-corrected chi connectivity index (χ0v) is 11.6. The first kappa shape index (κ1) is 15.7. The van der Waals surface area contributed by atoms with Crippen molar-refractivity contribution in [2.24, 2.45) is 0 Å². The van der Waals surface area contributed by atoms with Crippen LogP contribution in [-0.4, -0.2) is 34.9 Å². The first-order chi connectivity index (χ1) is 9.06. The van der Waals surface area contributed by atoms with Crippen molar-refractivity contribution in [3.63, 3.8) is 0 Å². The smallest absolute Gasteiger partial charge is 0.220 e. The third kappa shape index (κ3) is 4.33. The van der Waals surface area contributed by atoms with Gasteiger partial charge in [-0.2, -0.15) is 0 Å². The van der Waals surface area contributed by atoms with Crippen molar-refractivity contribution < 1.29 is 15.0 Å². The Hall–Kier alpha value is -1.39. The zero-order chi connectivity index (χ0) is 14.3. The van der Waals surface area contributed by atoms with Crippen molar-refractivity contribution in [1.82, 2.24) is 5.32 Å². The highest BCUT2D eigenvalue weighted by Crippen LogP contribution is 2.12. The Kier molecular flexibility index (Phi) is 5.99. The van der Waals surface area contributed by atoms with Gasteiger partial charge in [-0.3, -0.25) is 4.79 Å². The third-order valence-corrected chi connectivity index (χ3v) is 3.57. The lowest BCUT2D eigenvalue weighted by atomic mass is 9.97. The minimum absolute atomic E-state index is 0.145. The molecule has 0 aromatic heterocycles. The van der Waals surface area contributed by atoms with Crippen LogP contribution in [-0.2, 0) is 11.2 Å². The van der Waals surface area contributed by atoms with Crippen LogP contribution in [0.25, 0.3) is 0 Å². The van der Waals surface area contributed by atoms with Gasteiger partial charge >= 0.3 is 0 Å². The Morgan fingerprint density at radius 3 is 2.42 bits per heavy atom. The van der Waals surface area contributed by atoms with Crippen LogP contribution in [0.15, 0.2) is 24.3 Å². The Balaban J connectivity index is 2.54. The molecule has 19 heavy (non-hydrogen) atoms. The second-order valence-corrected chi connectivity index (χ2v) is 4.92. The molecule has 1 aromatic carbocycles. The van der Waals surface area contributed by atoms with Crippen LogP contribution < -0.4 is 5.32 Å². The van der Waals surface area contributed by atoms with Crippen molar-refractivity contribution >= 4 is 5.91 Å². The molecule has 0 radical (unpaired) electrons. The molecule has 0 atom stereocenters. The maximum Gasteiger partial charge on any atom is 0.220 e. The van der Waals surface area contributed by atoms with Gasteiger partial charge in [-0.05, 0) is 30.9 Å². The Morgan fingerprint density at radius 1 is 1.26 bits per heavy atom. The Labute approximate surface area is 114 Å².